The first-order valence-corrected chi connectivity index (χ1v) is 3.07. The lowest BCUT2D eigenvalue weighted by Gasteiger charge is -1.94. The lowest BCUT2D eigenvalue weighted by molar-refractivity contribution is -0.390. The summed E-state index contributed by atoms with van der Waals surface area (Å²) in [6.07, 6.45) is 1.76. The molecule has 1 aromatic rings. The zero-order chi connectivity index (χ0) is 9.14. The van der Waals surface area contributed by atoms with Crippen molar-refractivity contribution < 1.29 is 4.92 Å². The Morgan fingerprint density at radius 3 is 2.58 bits per heavy atom. The minimum atomic E-state index is -0.599. The summed E-state index contributed by atoms with van der Waals surface area (Å²) in [5.74, 6) is -0.205. The van der Waals surface area contributed by atoms with Gasteiger partial charge >= 0.3 is 5.82 Å². The van der Waals surface area contributed by atoms with Crippen LogP contribution in [0.15, 0.2) is 12.1 Å². The van der Waals surface area contributed by atoms with Crippen LogP contribution >= 0.6 is 0 Å². The minimum absolute atomic E-state index is 0.205. The van der Waals surface area contributed by atoms with Gasteiger partial charge in [0, 0.05) is 6.07 Å². The predicted octanol–water partition coefficient (Wildman–Crippen LogP) is 0.849. The van der Waals surface area contributed by atoms with Gasteiger partial charge in [0.2, 0.25) is 0 Å². The number of rotatable bonds is 3. The van der Waals surface area contributed by atoms with Gasteiger partial charge in [0.25, 0.3) is 0 Å². The third-order valence-corrected chi connectivity index (χ3v) is 1.39. The van der Waals surface area contributed by atoms with E-state index >= 15 is 0 Å². The van der Waals surface area contributed by atoms with Gasteiger partial charge in [-0.1, -0.05) is 0 Å². The maximum Gasteiger partial charge on any atom is 0.329 e. The minimum Gasteiger partial charge on any atom is -0.358 e. The Hall–Kier alpha value is -1.98. The highest BCUT2D eigenvalue weighted by atomic mass is 16.6. The predicted molar refractivity (Wildman–Crippen MR) is 43.2 cm³/mol. The summed E-state index contributed by atoms with van der Waals surface area (Å²) in [5, 5.41) is 24.1. The molecule has 0 fully saturated rings. The Morgan fingerprint density at radius 2 is 2.17 bits per heavy atom. The van der Waals surface area contributed by atoms with E-state index in [1.807, 2.05) is 0 Å². The molecule has 1 rings (SSSR count). The Bertz CT molecular complexity index is 341. The number of aromatic nitrogens is 1. The molecule has 1 aromatic heterocycles. The first-order valence-electron chi connectivity index (χ1n) is 3.07. The van der Waals surface area contributed by atoms with E-state index in [0.717, 1.165) is 17.1 Å². The van der Waals surface area contributed by atoms with Crippen LogP contribution in [0.3, 0.4) is 0 Å². The molecular weight excluding hydrogens is 160 g/mol. The van der Waals surface area contributed by atoms with Gasteiger partial charge in [0.15, 0.2) is 12.0 Å². The Morgan fingerprint density at radius 1 is 1.50 bits per heavy atom. The maximum absolute atomic E-state index is 10.3. The lowest BCUT2D eigenvalue weighted by Crippen LogP contribution is -2.03. The molecule has 0 saturated heterocycles. The number of nitrogens with zero attached hydrogens (tertiary/aromatic N) is 2. The monoisotopic (exact) mass is 166 g/mol. The number of nitro groups is 1. The lowest BCUT2D eigenvalue weighted by atomic mass is 10.5. The van der Waals surface area contributed by atoms with E-state index in [1.165, 1.54) is 12.1 Å². The van der Waals surface area contributed by atoms with Crippen molar-refractivity contribution in [3.63, 3.8) is 0 Å². The van der Waals surface area contributed by atoms with Gasteiger partial charge in [-0.15, -0.1) is 0 Å². The summed E-state index contributed by atoms with van der Waals surface area (Å²) >= 11 is 0. The average Bonchev–Trinajstić information content (AvgIpc) is 2.46. The van der Waals surface area contributed by atoms with E-state index in [0.29, 0.717) is 5.69 Å². The molecule has 6 heteroatoms. The normalized spacial score (nSPS) is 9.33. The molecule has 0 radical (unpaired) electrons. The molecular formula is C6H6N4O2. The summed E-state index contributed by atoms with van der Waals surface area (Å²) in [6.45, 7) is 0. The van der Waals surface area contributed by atoms with E-state index in [1.54, 1.807) is 0 Å². The quantitative estimate of drug-likeness (QED) is 0.301. The Labute approximate surface area is 67.6 Å². The molecule has 12 heavy (non-hydrogen) atoms. The van der Waals surface area contributed by atoms with Crippen molar-refractivity contribution in [2.24, 2.45) is 0 Å². The van der Waals surface area contributed by atoms with Crippen molar-refractivity contribution in [3.8, 4) is 0 Å². The molecule has 2 N–H and O–H groups in total. The van der Waals surface area contributed by atoms with Crippen LogP contribution in [0.4, 0.5) is 5.82 Å². The van der Waals surface area contributed by atoms with Gasteiger partial charge in [-0.25, -0.2) is 0 Å². The summed E-state index contributed by atoms with van der Waals surface area (Å²) in [6, 6.07) is 2.67. The molecule has 0 aliphatic carbocycles. The third-order valence-electron chi connectivity index (χ3n) is 1.39. The number of hydrogen-bond acceptors (Lipinski definition) is 4. The topological polar surface area (TPSA) is 95.8 Å². The molecule has 6 nitrogen and oxygen atoms in total. The van der Waals surface area contributed by atoms with E-state index in [9.17, 15) is 10.1 Å². The molecule has 0 atom stereocenters. The fourth-order valence-corrected chi connectivity index (χ4v) is 0.860. The second-order valence-electron chi connectivity index (χ2n) is 2.02. The molecule has 0 aromatic carbocycles. The Balaban J connectivity index is 3.31. The van der Waals surface area contributed by atoms with Crippen LogP contribution in [0.1, 0.15) is 5.69 Å². The van der Waals surface area contributed by atoms with Gasteiger partial charge in [0.1, 0.15) is 0 Å². The van der Waals surface area contributed by atoms with E-state index in [2.05, 4.69) is 0 Å². The zero-order valence-corrected chi connectivity index (χ0v) is 6.02. The highest BCUT2D eigenvalue weighted by Crippen LogP contribution is 2.13. The second kappa shape index (κ2) is 2.95. The second-order valence-corrected chi connectivity index (χ2v) is 2.02. The average molecular weight is 166 g/mol. The van der Waals surface area contributed by atoms with Gasteiger partial charge in [0.05, 0.1) is 6.21 Å². The summed E-state index contributed by atoms with van der Waals surface area (Å²) in [7, 11) is 0. The summed E-state index contributed by atoms with van der Waals surface area (Å²) in [5.41, 5.74) is 0.316. The first-order chi connectivity index (χ1) is 5.70. The van der Waals surface area contributed by atoms with Crippen LogP contribution in [0.5, 0.6) is 0 Å². The molecule has 0 aliphatic rings. The third kappa shape index (κ3) is 1.09. The van der Waals surface area contributed by atoms with E-state index in [-0.39, 0.29) is 5.82 Å². The van der Waals surface area contributed by atoms with Crippen LogP contribution in [-0.2, 0) is 0 Å². The van der Waals surface area contributed by atoms with Gasteiger partial charge < -0.3 is 15.5 Å². The highest BCUT2D eigenvalue weighted by molar-refractivity contribution is 5.81. The van der Waals surface area contributed by atoms with Gasteiger partial charge in [-0.3, -0.25) is 5.41 Å². The largest absolute Gasteiger partial charge is 0.358 e. The van der Waals surface area contributed by atoms with Gasteiger partial charge in [-0.2, -0.15) is 4.57 Å². The highest BCUT2D eigenvalue weighted by Gasteiger charge is 2.14. The van der Waals surface area contributed by atoms with Crippen LogP contribution in [0.2, 0.25) is 0 Å². The van der Waals surface area contributed by atoms with E-state index in [4.69, 9.17) is 10.8 Å². The van der Waals surface area contributed by atoms with Crippen LogP contribution in [0, 0.1) is 20.9 Å². The molecule has 0 amide bonds. The van der Waals surface area contributed by atoms with Gasteiger partial charge in [-0.05, 0) is 11.0 Å². The Kier molecular flexibility index (Phi) is 2.00. The maximum atomic E-state index is 10.3. The molecule has 0 unspecified atom stereocenters. The number of nitrogens with one attached hydrogen (secondary N) is 2. The fraction of sp³-hybridized carbons (Fsp3) is 0. The zero-order valence-electron chi connectivity index (χ0n) is 6.02. The molecule has 0 saturated carbocycles. The van der Waals surface area contributed by atoms with Crippen molar-refractivity contribution >= 4 is 18.4 Å². The fourth-order valence-electron chi connectivity index (χ4n) is 0.860. The molecule has 1 heterocycles. The SMILES string of the molecule is N=Cc1ccc([N+](=O)[O-])n1C=N. The smallest absolute Gasteiger partial charge is 0.329 e. The standard InChI is InChI=1S/C6H6N4O2/c7-3-5-1-2-6(10(11)12)9(5)4-8/h1-4,7-8H. The van der Waals surface area contributed by atoms with E-state index < -0.39 is 4.92 Å². The first kappa shape index (κ1) is 8.12. The van der Waals surface area contributed by atoms with Crippen molar-refractivity contribution in [3.05, 3.63) is 27.9 Å². The van der Waals surface area contributed by atoms with Crippen LogP contribution < -0.4 is 0 Å². The van der Waals surface area contributed by atoms with Crippen LogP contribution in [-0.4, -0.2) is 22.0 Å². The summed E-state index contributed by atoms with van der Waals surface area (Å²) < 4.78 is 1.02. The number of hydrogen-bond donors (Lipinski definition) is 2. The van der Waals surface area contributed by atoms with Crippen LogP contribution in [0.25, 0.3) is 0 Å². The molecule has 0 spiro atoms. The van der Waals surface area contributed by atoms with Crippen molar-refractivity contribution in [2.75, 3.05) is 0 Å². The van der Waals surface area contributed by atoms with Crippen molar-refractivity contribution in [1.82, 2.24) is 4.57 Å². The van der Waals surface area contributed by atoms with Crippen molar-refractivity contribution in [1.29, 1.82) is 10.8 Å². The summed E-state index contributed by atoms with van der Waals surface area (Å²) in [4.78, 5) is 9.72. The molecule has 0 bridgehead atoms. The molecule has 62 valence electrons. The van der Waals surface area contributed by atoms with Crippen molar-refractivity contribution in [2.45, 2.75) is 0 Å². The molecule has 0 aliphatic heterocycles.